The molecule has 0 radical (unpaired) electrons. The second-order valence-electron chi connectivity index (χ2n) is 5.81. The van der Waals surface area contributed by atoms with Crippen LogP contribution in [-0.4, -0.2) is 50.7 Å². The summed E-state index contributed by atoms with van der Waals surface area (Å²) in [5.41, 5.74) is 0. The topological polar surface area (TPSA) is 41.6 Å². The van der Waals surface area contributed by atoms with E-state index in [0.717, 1.165) is 51.7 Å². The standard InChI is InChI=1S/C16H34N2O2/c1-5-10-15(2)20-16(19)11-7-6-8-12-17-13-9-14-18(3)4/h15,17H,5-14H2,1-4H3. The molecular formula is C16H34N2O2. The molecule has 120 valence electrons. The molecule has 0 rings (SSSR count). The van der Waals surface area contributed by atoms with Gasteiger partial charge >= 0.3 is 5.97 Å². The zero-order valence-corrected chi connectivity index (χ0v) is 13.9. The van der Waals surface area contributed by atoms with Crippen LogP contribution in [0.3, 0.4) is 0 Å². The van der Waals surface area contributed by atoms with E-state index in [2.05, 4.69) is 31.2 Å². The second kappa shape index (κ2) is 13.4. The fraction of sp³-hybridized carbons (Fsp3) is 0.938. The van der Waals surface area contributed by atoms with Crippen LogP contribution in [0, 0.1) is 0 Å². The van der Waals surface area contributed by atoms with Crippen LogP contribution in [0.15, 0.2) is 0 Å². The van der Waals surface area contributed by atoms with Crippen molar-refractivity contribution in [2.45, 2.75) is 64.9 Å². The first-order chi connectivity index (χ1) is 9.56. The predicted octanol–water partition coefficient (Wildman–Crippen LogP) is 2.82. The fourth-order valence-electron chi connectivity index (χ4n) is 2.09. The summed E-state index contributed by atoms with van der Waals surface area (Å²) in [6.07, 6.45) is 7.03. The Labute approximate surface area is 125 Å². The van der Waals surface area contributed by atoms with Crippen molar-refractivity contribution >= 4 is 5.97 Å². The lowest BCUT2D eigenvalue weighted by Crippen LogP contribution is -2.22. The summed E-state index contributed by atoms with van der Waals surface area (Å²) in [6, 6.07) is 0. The highest BCUT2D eigenvalue weighted by Gasteiger charge is 2.07. The van der Waals surface area contributed by atoms with E-state index >= 15 is 0 Å². The maximum absolute atomic E-state index is 11.5. The number of carbonyl (C=O) groups excluding carboxylic acids is 1. The van der Waals surface area contributed by atoms with E-state index in [0.29, 0.717) is 6.42 Å². The summed E-state index contributed by atoms with van der Waals surface area (Å²) in [5.74, 6) is -0.0371. The molecular weight excluding hydrogens is 252 g/mol. The molecule has 0 aromatic rings. The number of ether oxygens (including phenoxy) is 1. The highest BCUT2D eigenvalue weighted by atomic mass is 16.5. The Morgan fingerprint density at radius 3 is 2.50 bits per heavy atom. The minimum Gasteiger partial charge on any atom is -0.463 e. The minimum atomic E-state index is -0.0371. The Kier molecular flexibility index (Phi) is 13.0. The lowest BCUT2D eigenvalue weighted by Gasteiger charge is -2.12. The van der Waals surface area contributed by atoms with Crippen molar-refractivity contribution in [3.63, 3.8) is 0 Å². The SMILES string of the molecule is CCCC(C)OC(=O)CCCCCNCCCN(C)C. The molecule has 1 unspecified atom stereocenters. The molecule has 0 aromatic carbocycles. The Morgan fingerprint density at radius 1 is 1.15 bits per heavy atom. The smallest absolute Gasteiger partial charge is 0.306 e. The van der Waals surface area contributed by atoms with E-state index < -0.39 is 0 Å². The number of hydrogen-bond acceptors (Lipinski definition) is 4. The van der Waals surface area contributed by atoms with Gasteiger partial charge in [0.15, 0.2) is 0 Å². The molecule has 0 bridgehead atoms. The Morgan fingerprint density at radius 2 is 1.85 bits per heavy atom. The summed E-state index contributed by atoms with van der Waals surface area (Å²) >= 11 is 0. The lowest BCUT2D eigenvalue weighted by molar-refractivity contribution is -0.148. The average molecular weight is 286 g/mol. The summed E-state index contributed by atoms with van der Waals surface area (Å²) in [5, 5.41) is 3.43. The first kappa shape index (κ1) is 19.4. The zero-order valence-electron chi connectivity index (χ0n) is 13.9. The number of rotatable bonds is 13. The Balaban J connectivity index is 3.25. The van der Waals surface area contributed by atoms with Crippen LogP contribution < -0.4 is 5.32 Å². The number of nitrogens with zero attached hydrogens (tertiary/aromatic N) is 1. The number of carbonyl (C=O) groups is 1. The molecule has 0 spiro atoms. The third kappa shape index (κ3) is 13.8. The molecule has 1 atom stereocenters. The largest absolute Gasteiger partial charge is 0.463 e. The van der Waals surface area contributed by atoms with E-state index in [9.17, 15) is 4.79 Å². The molecule has 0 aliphatic carbocycles. The van der Waals surface area contributed by atoms with Crippen molar-refractivity contribution in [3.05, 3.63) is 0 Å². The maximum atomic E-state index is 11.5. The predicted molar refractivity (Wildman–Crippen MR) is 85.0 cm³/mol. The number of esters is 1. The molecule has 0 fully saturated rings. The first-order valence-corrected chi connectivity index (χ1v) is 8.11. The normalized spacial score (nSPS) is 12.7. The van der Waals surface area contributed by atoms with E-state index in [1.54, 1.807) is 0 Å². The number of unbranched alkanes of at least 4 members (excludes halogenated alkanes) is 2. The van der Waals surface area contributed by atoms with Crippen LogP contribution in [0.4, 0.5) is 0 Å². The van der Waals surface area contributed by atoms with Gasteiger partial charge < -0.3 is 15.0 Å². The third-order valence-corrected chi connectivity index (χ3v) is 3.22. The van der Waals surface area contributed by atoms with Crippen molar-refractivity contribution in [2.75, 3.05) is 33.7 Å². The van der Waals surface area contributed by atoms with Crippen LogP contribution >= 0.6 is 0 Å². The fourth-order valence-corrected chi connectivity index (χ4v) is 2.09. The summed E-state index contributed by atoms with van der Waals surface area (Å²) in [6.45, 7) is 7.34. The maximum Gasteiger partial charge on any atom is 0.306 e. The molecule has 1 N–H and O–H groups in total. The van der Waals surface area contributed by atoms with Crippen LogP contribution in [0.5, 0.6) is 0 Å². The van der Waals surface area contributed by atoms with Crippen LogP contribution in [0.25, 0.3) is 0 Å². The van der Waals surface area contributed by atoms with Crippen molar-refractivity contribution in [1.82, 2.24) is 10.2 Å². The van der Waals surface area contributed by atoms with E-state index in [4.69, 9.17) is 4.74 Å². The van der Waals surface area contributed by atoms with Gasteiger partial charge in [-0.25, -0.2) is 0 Å². The second-order valence-corrected chi connectivity index (χ2v) is 5.81. The molecule has 4 nitrogen and oxygen atoms in total. The molecule has 0 heterocycles. The van der Waals surface area contributed by atoms with Crippen LogP contribution in [0.1, 0.15) is 58.8 Å². The molecule has 0 aliphatic rings. The summed E-state index contributed by atoms with van der Waals surface area (Å²) in [7, 11) is 4.20. The highest BCUT2D eigenvalue weighted by Crippen LogP contribution is 2.06. The van der Waals surface area contributed by atoms with Gasteiger partial charge in [0, 0.05) is 6.42 Å². The first-order valence-electron chi connectivity index (χ1n) is 8.11. The van der Waals surface area contributed by atoms with E-state index in [1.165, 1.54) is 6.42 Å². The number of hydrogen-bond donors (Lipinski definition) is 1. The van der Waals surface area contributed by atoms with Gasteiger partial charge in [0.05, 0.1) is 6.10 Å². The van der Waals surface area contributed by atoms with Crippen LogP contribution in [0.2, 0.25) is 0 Å². The molecule has 20 heavy (non-hydrogen) atoms. The van der Waals surface area contributed by atoms with Crippen molar-refractivity contribution in [2.24, 2.45) is 0 Å². The molecule has 0 saturated heterocycles. The molecule has 4 heteroatoms. The minimum absolute atomic E-state index is 0.0371. The monoisotopic (exact) mass is 286 g/mol. The number of nitrogens with one attached hydrogen (secondary N) is 1. The van der Waals surface area contributed by atoms with Gasteiger partial charge in [0.2, 0.25) is 0 Å². The van der Waals surface area contributed by atoms with Crippen molar-refractivity contribution in [3.8, 4) is 0 Å². The van der Waals surface area contributed by atoms with Crippen molar-refractivity contribution < 1.29 is 9.53 Å². The van der Waals surface area contributed by atoms with Gasteiger partial charge in [0.1, 0.15) is 0 Å². The van der Waals surface area contributed by atoms with Crippen molar-refractivity contribution in [1.29, 1.82) is 0 Å². The zero-order chi connectivity index (χ0) is 15.2. The summed E-state index contributed by atoms with van der Waals surface area (Å²) < 4.78 is 5.31. The van der Waals surface area contributed by atoms with Crippen LogP contribution in [-0.2, 0) is 9.53 Å². The third-order valence-electron chi connectivity index (χ3n) is 3.22. The van der Waals surface area contributed by atoms with Gasteiger partial charge in [-0.15, -0.1) is 0 Å². The van der Waals surface area contributed by atoms with E-state index in [1.807, 2.05) is 6.92 Å². The van der Waals surface area contributed by atoms with E-state index in [-0.39, 0.29) is 12.1 Å². The molecule has 0 amide bonds. The van der Waals surface area contributed by atoms with Gasteiger partial charge in [-0.3, -0.25) is 4.79 Å². The lowest BCUT2D eigenvalue weighted by atomic mass is 10.2. The molecule has 0 aliphatic heterocycles. The summed E-state index contributed by atoms with van der Waals surface area (Å²) in [4.78, 5) is 13.7. The Bertz CT molecular complexity index is 233. The Hall–Kier alpha value is -0.610. The van der Waals surface area contributed by atoms with Gasteiger partial charge in [-0.2, -0.15) is 0 Å². The molecule has 0 saturated carbocycles. The van der Waals surface area contributed by atoms with Gasteiger partial charge in [-0.05, 0) is 66.3 Å². The highest BCUT2D eigenvalue weighted by molar-refractivity contribution is 5.69. The van der Waals surface area contributed by atoms with Gasteiger partial charge in [-0.1, -0.05) is 19.8 Å². The molecule has 0 aromatic heterocycles. The quantitative estimate of drug-likeness (QED) is 0.417. The average Bonchev–Trinajstić information content (AvgIpc) is 2.36. The van der Waals surface area contributed by atoms with Gasteiger partial charge in [0.25, 0.3) is 0 Å².